The summed E-state index contributed by atoms with van der Waals surface area (Å²) >= 11 is 0. The van der Waals surface area contributed by atoms with Crippen LogP contribution in [0.5, 0.6) is 17.2 Å². The zero-order chi connectivity index (χ0) is 51.1. The number of urea groups is 1. The molecule has 4 aliphatic heterocycles. The molecule has 13 unspecified atom stereocenters. The van der Waals surface area contributed by atoms with Crippen molar-refractivity contribution in [1.82, 2.24) is 5.32 Å². The van der Waals surface area contributed by atoms with Crippen LogP contribution in [0, 0.1) is 0 Å². The van der Waals surface area contributed by atoms with Gasteiger partial charge in [-0.1, -0.05) is 72.8 Å². The lowest BCUT2D eigenvalue weighted by Crippen LogP contribution is -2.46. The van der Waals surface area contributed by atoms with Crippen LogP contribution in [0.25, 0.3) is 0 Å². The van der Waals surface area contributed by atoms with Crippen molar-refractivity contribution in [2.75, 3.05) is 11.9 Å². The third-order valence-electron chi connectivity index (χ3n) is 14.2. The van der Waals surface area contributed by atoms with Gasteiger partial charge in [0.2, 0.25) is 0 Å². The fourth-order valence-corrected chi connectivity index (χ4v) is 10.5. The van der Waals surface area contributed by atoms with Crippen molar-refractivity contribution in [3.8, 4) is 17.2 Å². The Kier molecular flexibility index (Phi) is 20.2. The number of benzene rings is 4. The fourth-order valence-electron chi connectivity index (χ4n) is 10.5. The molecule has 0 spiro atoms. The molecule has 0 aliphatic carbocycles. The molecular formula is C57H76N2O14. The van der Waals surface area contributed by atoms with Gasteiger partial charge in [-0.25, -0.2) is 4.79 Å². The number of hydrogen-bond acceptors (Lipinski definition) is 14. The van der Waals surface area contributed by atoms with E-state index in [9.17, 15) is 30.3 Å². The summed E-state index contributed by atoms with van der Waals surface area (Å²) in [6.45, 7) is 4.11. The van der Waals surface area contributed by atoms with Crippen molar-refractivity contribution in [2.45, 2.75) is 196 Å². The molecule has 16 heteroatoms. The summed E-state index contributed by atoms with van der Waals surface area (Å²) < 4.78 is 50.3. The third kappa shape index (κ3) is 16.6. The van der Waals surface area contributed by atoms with Crippen LogP contribution in [0.4, 0.5) is 10.5 Å². The predicted octanol–water partition coefficient (Wildman–Crippen LogP) is 10.1. The first-order valence-electron chi connectivity index (χ1n) is 26.4. The highest BCUT2D eigenvalue weighted by Crippen LogP contribution is 2.40. The van der Waals surface area contributed by atoms with E-state index in [0.717, 1.165) is 25.7 Å². The average molecular weight is 1010 g/mol. The lowest BCUT2D eigenvalue weighted by Gasteiger charge is -2.38. The largest absolute Gasteiger partial charge is 0.507 e. The number of phenols is 3. The first-order chi connectivity index (χ1) is 35.4. The van der Waals surface area contributed by atoms with Crippen molar-refractivity contribution in [3.05, 3.63) is 120 Å². The van der Waals surface area contributed by atoms with Gasteiger partial charge in [-0.2, -0.15) is 0 Å². The summed E-state index contributed by atoms with van der Waals surface area (Å²) in [5, 5.41) is 60.0. The molecule has 4 saturated heterocycles. The monoisotopic (exact) mass is 1010 g/mol. The number of nitrogens with one attached hydrogen (secondary N) is 2. The Labute approximate surface area is 429 Å². The number of phenolic OH excluding ortho intramolecular Hbond substituents is 3. The summed E-state index contributed by atoms with van der Waals surface area (Å²) in [5.74, 6) is 0.343. The first kappa shape index (κ1) is 54.4. The molecule has 398 valence electrons. The van der Waals surface area contributed by atoms with Gasteiger partial charge in [0.25, 0.3) is 0 Å². The predicted molar refractivity (Wildman–Crippen MR) is 271 cm³/mol. The molecule has 14 atom stereocenters. The Morgan fingerprint density at radius 1 is 0.493 bits per heavy atom. The van der Waals surface area contributed by atoms with Crippen molar-refractivity contribution in [2.24, 2.45) is 0 Å². The van der Waals surface area contributed by atoms with Gasteiger partial charge in [0, 0.05) is 35.2 Å². The average Bonchev–Trinajstić information content (AvgIpc) is 3.36. The number of rotatable bonds is 22. The molecule has 4 aromatic carbocycles. The summed E-state index contributed by atoms with van der Waals surface area (Å²) in [4.78, 5) is 12.8. The van der Waals surface area contributed by atoms with Gasteiger partial charge in [-0.15, -0.1) is 0 Å². The second kappa shape index (κ2) is 27.1. The Bertz CT molecular complexity index is 2290. The van der Waals surface area contributed by atoms with Crippen LogP contribution in [0.1, 0.15) is 146 Å². The third-order valence-corrected chi connectivity index (χ3v) is 14.2. The Morgan fingerprint density at radius 2 is 0.877 bits per heavy atom. The zero-order valence-electron chi connectivity index (χ0n) is 42.1. The van der Waals surface area contributed by atoms with Gasteiger partial charge in [-0.3, -0.25) is 0 Å². The molecule has 7 N–H and O–H groups in total. The number of anilines is 1. The number of carbonyl (C=O) groups is 1. The van der Waals surface area contributed by atoms with Crippen LogP contribution in [0.3, 0.4) is 0 Å². The number of hydrogen-bond donors (Lipinski definition) is 7. The number of aliphatic hydroxyl groups is 2. The second-order valence-electron chi connectivity index (χ2n) is 20.3. The smallest absolute Gasteiger partial charge is 0.319 e. The maximum absolute atomic E-state index is 12.8. The number of aliphatic hydroxyl groups excluding tert-OH is 2. The normalized spacial score (nSPS) is 29.5. The lowest BCUT2D eigenvalue weighted by atomic mass is 9.95. The quantitative estimate of drug-likeness (QED) is 0.0390. The molecule has 4 fully saturated rings. The van der Waals surface area contributed by atoms with Crippen molar-refractivity contribution in [3.63, 3.8) is 0 Å². The first-order valence-corrected chi connectivity index (χ1v) is 26.4. The Hall–Kier alpha value is -4.85. The van der Waals surface area contributed by atoms with Crippen molar-refractivity contribution in [1.29, 1.82) is 0 Å². The molecule has 0 saturated carbocycles. The van der Waals surface area contributed by atoms with E-state index in [1.54, 1.807) is 48.5 Å². The maximum Gasteiger partial charge on any atom is 0.319 e. The standard InChI is InChI=1S/C57H76N2O14/c1-36-29-41(70-54(66-36)47-23-6-9-26-50(47)62)21-14-22-42-34-46(69-53(68-42)35-58-57(65)59-38-15-4-3-5-16-38)32-40(61)18-13-20-44-33-43(71-56(72-44)49-25-8-11-28-52(49)64)19-12-17-39(60)31-45-30-37(2)67-55(73-45)48-24-7-10-27-51(48)63/h3-11,15-16,23-28,36-37,39-46,53-56,60-64H,12-14,17-22,29-35H2,1-2H3,(H2,58,59,65)/t36?,37-,39?,40?,41?,42?,43?,44?,45?,46?,53?,54?,55?,56?/m0/s1. The van der Waals surface area contributed by atoms with Crippen LogP contribution < -0.4 is 10.6 Å². The van der Waals surface area contributed by atoms with E-state index in [1.807, 2.05) is 68.4 Å². The van der Waals surface area contributed by atoms with Crippen LogP contribution in [0.15, 0.2) is 103 Å². The lowest BCUT2D eigenvalue weighted by molar-refractivity contribution is -0.251. The van der Waals surface area contributed by atoms with Crippen LogP contribution in [-0.2, 0) is 37.9 Å². The number of carbonyl (C=O) groups excluding carboxylic acids is 1. The van der Waals surface area contributed by atoms with Gasteiger partial charge in [-0.05, 0) is 128 Å². The van der Waals surface area contributed by atoms with Gasteiger partial charge in [0.05, 0.1) is 67.6 Å². The number of amides is 2. The van der Waals surface area contributed by atoms with E-state index in [-0.39, 0.29) is 78.7 Å². The van der Waals surface area contributed by atoms with Crippen LogP contribution >= 0.6 is 0 Å². The maximum atomic E-state index is 12.8. The van der Waals surface area contributed by atoms with Crippen molar-refractivity contribution >= 4 is 11.7 Å². The Balaban J connectivity index is 0.819. The highest BCUT2D eigenvalue weighted by atomic mass is 16.7. The van der Waals surface area contributed by atoms with Crippen LogP contribution in [-0.4, -0.2) is 105 Å². The van der Waals surface area contributed by atoms with Gasteiger partial charge in [0.1, 0.15) is 17.2 Å². The molecule has 73 heavy (non-hydrogen) atoms. The van der Waals surface area contributed by atoms with Crippen LogP contribution in [0.2, 0.25) is 0 Å². The molecule has 4 aliphatic rings. The summed E-state index contributed by atoms with van der Waals surface area (Å²) in [6.07, 6.45) is 4.08. The minimum absolute atomic E-state index is 0.0453. The second-order valence-corrected chi connectivity index (χ2v) is 20.3. The van der Waals surface area contributed by atoms with Gasteiger partial charge >= 0.3 is 6.03 Å². The Morgan fingerprint density at radius 3 is 1.40 bits per heavy atom. The minimum atomic E-state index is -0.767. The van der Waals surface area contributed by atoms with E-state index < -0.39 is 37.4 Å². The SMILES string of the molecule is CC1CC(CCCC2CC(CC(O)CCCC3CC(CCCC(O)CC4C[C@H](C)OC(c5ccccc5O)O4)OC(c4ccccc4O)O3)OC(CNC(=O)Nc3ccccc3)O2)OC(c2ccccc2O)O1. The van der Waals surface area contributed by atoms with Crippen molar-refractivity contribution < 1.29 is 68.2 Å². The molecule has 4 heterocycles. The number of aromatic hydroxyl groups is 3. The summed E-state index contributed by atoms with van der Waals surface area (Å²) in [5.41, 5.74) is 2.40. The number of ether oxygens (including phenoxy) is 8. The minimum Gasteiger partial charge on any atom is -0.507 e. The van der Waals surface area contributed by atoms with Gasteiger partial charge < -0.3 is 74.1 Å². The number of para-hydroxylation sites is 4. The van der Waals surface area contributed by atoms with E-state index in [4.69, 9.17) is 37.9 Å². The zero-order valence-corrected chi connectivity index (χ0v) is 42.1. The highest BCUT2D eigenvalue weighted by Gasteiger charge is 2.36. The van der Waals surface area contributed by atoms with E-state index >= 15 is 0 Å². The van der Waals surface area contributed by atoms with E-state index in [2.05, 4.69) is 10.6 Å². The molecule has 2 amide bonds. The highest BCUT2D eigenvalue weighted by molar-refractivity contribution is 5.89. The molecule has 0 bridgehead atoms. The molecule has 16 nitrogen and oxygen atoms in total. The molecule has 0 radical (unpaired) electrons. The van der Waals surface area contributed by atoms with E-state index in [0.29, 0.717) is 93.0 Å². The molecule has 0 aromatic heterocycles. The van der Waals surface area contributed by atoms with E-state index in [1.165, 1.54) is 0 Å². The topological polar surface area (TPSA) is 216 Å². The molecule has 8 rings (SSSR count). The summed E-state index contributed by atoms with van der Waals surface area (Å²) in [7, 11) is 0. The molecule has 4 aromatic rings. The fraction of sp³-hybridized carbons (Fsp3) is 0.561. The van der Waals surface area contributed by atoms with Gasteiger partial charge in [0.15, 0.2) is 25.2 Å². The summed E-state index contributed by atoms with van der Waals surface area (Å²) in [6, 6.07) is 29.9. The molecular weight excluding hydrogens is 937 g/mol.